The molecule has 2 N–H and O–H groups in total. The predicted octanol–water partition coefficient (Wildman–Crippen LogP) is 4.02. The molecule has 0 unspecified atom stereocenters. The van der Waals surface area contributed by atoms with Gasteiger partial charge in [-0.1, -0.05) is 19.9 Å². The average Bonchev–Trinajstić information content (AvgIpc) is 2.78. The summed E-state index contributed by atoms with van der Waals surface area (Å²) in [4.78, 5) is 27.0. The lowest BCUT2D eigenvalue weighted by Gasteiger charge is -2.21. The van der Waals surface area contributed by atoms with Gasteiger partial charge in [0.05, 0.1) is 13.2 Å². The summed E-state index contributed by atoms with van der Waals surface area (Å²) in [7, 11) is 1.63. The van der Waals surface area contributed by atoms with Crippen LogP contribution in [0.4, 0.5) is 11.4 Å². The highest BCUT2D eigenvalue weighted by atomic mass is 16.5. The Bertz CT molecular complexity index is 818. The summed E-state index contributed by atoms with van der Waals surface area (Å²) in [5, 5.41) is 5.93. The molecule has 0 bridgehead atoms. The van der Waals surface area contributed by atoms with E-state index in [2.05, 4.69) is 24.5 Å². The smallest absolute Gasteiger partial charge is 0.253 e. The van der Waals surface area contributed by atoms with Crippen molar-refractivity contribution >= 4 is 23.2 Å². The Morgan fingerprint density at radius 3 is 2.29 bits per heavy atom. The van der Waals surface area contributed by atoms with E-state index in [1.54, 1.807) is 31.4 Å². The minimum atomic E-state index is -0.191. The van der Waals surface area contributed by atoms with Crippen LogP contribution in [-0.4, -0.2) is 56.7 Å². The van der Waals surface area contributed by atoms with E-state index in [0.717, 1.165) is 37.4 Å². The molecule has 0 aromatic heterocycles. The summed E-state index contributed by atoms with van der Waals surface area (Å²) in [5.41, 5.74) is 2.00. The lowest BCUT2D eigenvalue weighted by Crippen LogP contribution is -2.32. The number of carbonyl (C=O) groups excluding carboxylic acids is 2. The highest BCUT2D eigenvalue weighted by molar-refractivity contribution is 5.98. The van der Waals surface area contributed by atoms with Gasteiger partial charge in [0.2, 0.25) is 5.91 Å². The van der Waals surface area contributed by atoms with Gasteiger partial charge in [0.1, 0.15) is 12.4 Å². The van der Waals surface area contributed by atoms with Gasteiger partial charge in [0.25, 0.3) is 5.91 Å². The van der Waals surface area contributed by atoms with E-state index < -0.39 is 0 Å². The van der Waals surface area contributed by atoms with Crippen LogP contribution >= 0.6 is 0 Å². The van der Waals surface area contributed by atoms with Gasteiger partial charge in [-0.05, 0) is 55.3 Å². The Kier molecular flexibility index (Phi) is 10.4. The largest absolute Gasteiger partial charge is 0.491 e. The van der Waals surface area contributed by atoms with Crippen LogP contribution in [0.5, 0.6) is 5.75 Å². The van der Waals surface area contributed by atoms with E-state index in [9.17, 15) is 9.59 Å². The van der Waals surface area contributed by atoms with Gasteiger partial charge >= 0.3 is 0 Å². The first-order valence-electron chi connectivity index (χ1n) is 10.7. The molecule has 0 radical (unpaired) electrons. The third-order valence-electron chi connectivity index (χ3n) is 4.53. The fourth-order valence-corrected chi connectivity index (χ4v) is 3.07. The van der Waals surface area contributed by atoms with Gasteiger partial charge in [-0.2, -0.15) is 0 Å². The van der Waals surface area contributed by atoms with Gasteiger partial charge in [-0.3, -0.25) is 9.59 Å². The molecule has 7 nitrogen and oxygen atoms in total. The van der Waals surface area contributed by atoms with Crippen molar-refractivity contribution < 1.29 is 19.1 Å². The second-order valence-corrected chi connectivity index (χ2v) is 7.14. The summed E-state index contributed by atoms with van der Waals surface area (Å²) < 4.78 is 10.5. The Labute approximate surface area is 184 Å². The summed E-state index contributed by atoms with van der Waals surface area (Å²) in [6.07, 6.45) is 1.82. The maximum Gasteiger partial charge on any atom is 0.253 e. The van der Waals surface area contributed by atoms with Crippen LogP contribution in [0.2, 0.25) is 0 Å². The molecule has 0 aliphatic rings. The Morgan fingerprint density at radius 2 is 1.65 bits per heavy atom. The van der Waals surface area contributed by atoms with Crippen LogP contribution < -0.4 is 15.4 Å². The van der Waals surface area contributed by atoms with Gasteiger partial charge in [0, 0.05) is 37.1 Å². The SMILES string of the molecule is CCCN(CCC)C(=O)c1cccc(NC(=O)CNc2ccc(OCCOC)cc2)c1. The van der Waals surface area contributed by atoms with Crippen LogP contribution in [0.3, 0.4) is 0 Å². The maximum absolute atomic E-state index is 12.8. The molecule has 2 rings (SSSR count). The molecule has 7 heteroatoms. The van der Waals surface area contributed by atoms with Crippen LogP contribution in [0.1, 0.15) is 37.0 Å². The number of hydrogen-bond donors (Lipinski definition) is 2. The lowest BCUT2D eigenvalue weighted by atomic mass is 10.1. The van der Waals surface area contributed by atoms with Crippen molar-refractivity contribution in [3.8, 4) is 5.75 Å². The molecule has 2 aromatic carbocycles. The maximum atomic E-state index is 12.8. The Hall–Kier alpha value is -3.06. The fourth-order valence-electron chi connectivity index (χ4n) is 3.07. The number of ether oxygens (including phenoxy) is 2. The predicted molar refractivity (Wildman–Crippen MR) is 124 cm³/mol. The monoisotopic (exact) mass is 427 g/mol. The quantitative estimate of drug-likeness (QED) is 0.472. The van der Waals surface area contributed by atoms with Crippen LogP contribution in [0.15, 0.2) is 48.5 Å². The van der Waals surface area contributed by atoms with E-state index in [0.29, 0.717) is 24.5 Å². The number of nitrogens with one attached hydrogen (secondary N) is 2. The minimum absolute atomic E-state index is 0.00858. The number of methoxy groups -OCH3 is 1. The number of hydrogen-bond acceptors (Lipinski definition) is 5. The van der Waals surface area contributed by atoms with Crippen molar-refractivity contribution in [1.29, 1.82) is 0 Å². The number of rotatable bonds is 13. The first-order valence-corrected chi connectivity index (χ1v) is 10.7. The molecule has 0 aliphatic heterocycles. The van der Waals surface area contributed by atoms with Crippen LogP contribution in [0, 0.1) is 0 Å². The van der Waals surface area contributed by atoms with E-state index >= 15 is 0 Å². The first-order chi connectivity index (χ1) is 15.1. The Morgan fingerprint density at radius 1 is 0.935 bits per heavy atom. The van der Waals surface area contributed by atoms with Crippen molar-refractivity contribution in [2.24, 2.45) is 0 Å². The van der Waals surface area contributed by atoms with Gasteiger partial charge in [-0.25, -0.2) is 0 Å². The molecule has 0 saturated heterocycles. The van der Waals surface area contributed by atoms with Gasteiger partial charge in [-0.15, -0.1) is 0 Å². The van der Waals surface area contributed by atoms with Gasteiger partial charge in [0.15, 0.2) is 0 Å². The molecule has 2 amide bonds. The topological polar surface area (TPSA) is 79.9 Å². The van der Waals surface area contributed by atoms with Crippen LogP contribution in [-0.2, 0) is 9.53 Å². The van der Waals surface area contributed by atoms with E-state index in [1.165, 1.54) is 0 Å². The number of anilines is 2. The molecule has 0 fully saturated rings. The average molecular weight is 428 g/mol. The summed E-state index contributed by atoms with van der Waals surface area (Å²) in [5.74, 6) is 0.545. The zero-order valence-corrected chi connectivity index (χ0v) is 18.6. The molecule has 0 atom stereocenters. The van der Waals surface area contributed by atoms with E-state index in [-0.39, 0.29) is 18.4 Å². The number of benzene rings is 2. The molecule has 2 aromatic rings. The Balaban J connectivity index is 1.88. The molecule has 168 valence electrons. The summed E-state index contributed by atoms with van der Waals surface area (Å²) in [6.45, 7) is 6.69. The van der Waals surface area contributed by atoms with Crippen molar-refractivity contribution in [2.75, 3.05) is 50.6 Å². The molecule has 31 heavy (non-hydrogen) atoms. The van der Waals surface area contributed by atoms with E-state index in [1.807, 2.05) is 29.2 Å². The lowest BCUT2D eigenvalue weighted by molar-refractivity contribution is -0.114. The number of amides is 2. The molecular weight excluding hydrogens is 394 g/mol. The second kappa shape index (κ2) is 13.3. The molecule has 0 saturated carbocycles. The van der Waals surface area contributed by atoms with E-state index in [4.69, 9.17) is 9.47 Å². The zero-order valence-electron chi connectivity index (χ0n) is 18.6. The fraction of sp³-hybridized carbons (Fsp3) is 0.417. The van der Waals surface area contributed by atoms with Crippen LogP contribution in [0.25, 0.3) is 0 Å². The molecule has 0 aliphatic carbocycles. The first kappa shape index (κ1) is 24.2. The number of carbonyl (C=O) groups is 2. The third-order valence-corrected chi connectivity index (χ3v) is 4.53. The van der Waals surface area contributed by atoms with Crippen molar-refractivity contribution in [3.05, 3.63) is 54.1 Å². The standard InChI is InChI=1S/C24H33N3O4/c1-4-13-27(14-5-2)24(29)19-7-6-8-21(17-19)26-23(28)18-25-20-9-11-22(12-10-20)31-16-15-30-3/h6-12,17,25H,4-5,13-16,18H2,1-3H3,(H,26,28). The second-order valence-electron chi connectivity index (χ2n) is 7.14. The summed E-state index contributed by atoms with van der Waals surface area (Å²) >= 11 is 0. The number of nitrogens with zero attached hydrogens (tertiary/aromatic N) is 1. The molecule has 0 heterocycles. The molecule has 0 spiro atoms. The van der Waals surface area contributed by atoms with Crippen molar-refractivity contribution in [1.82, 2.24) is 4.90 Å². The zero-order chi connectivity index (χ0) is 22.5. The summed E-state index contributed by atoms with van der Waals surface area (Å²) in [6, 6.07) is 14.5. The van der Waals surface area contributed by atoms with Crippen molar-refractivity contribution in [2.45, 2.75) is 26.7 Å². The normalized spacial score (nSPS) is 10.4. The molecular formula is C24H33N3O4. The highest BCUT2D eigenvalue weighted by Gasteiger charge is 2.15. The van der Waals surface area contributed by atoms with Crippen molar-refractivity contribution in [3.63, 3.8) is 0 Å². The third kappa shape index (κ3) is 8.30. The van der Waals surface area contributed by atoms with Gasteiger partial charge < -0.3 is 25.0 Å². The highest BCUT2D eigenvalue weighted by Crippen LogP contribution is 2.16. The minimum Gasteiger partial charge on any atom is -0.491 e.